The summed E-state index contributed by atoms with van der Waals surface area (Å²) in [5, 5.41) is 0. The van der Waals surface area contributed by atoms with E-state index in [4.69, 9.17) is 4.74 Å². The number of methoxy groups -OCH3 is 1. The Hall–Kier alpha value is -0.0400. The van der Waals surface area contributed by atoms with Crippen LogP contribution < -0.4 is 0 Å². The maximum absolute atomic E-state index is 5.12. The fourth-order valence-corrected chi connectivity index (χ4v) is 1.81. The lowest BCUT2D eigenvalue weighted by atomic mass is 9.94. The van der Waals surface area contributed by atoms with Crippen molar-refractivity contribution in [3.8, 4) is 0 Å². The molecule has 0 amide bonds. The molecule has 0 heterocycles. The first-order valence-corrected chi connectivity index (χ1v) is 5.84. The molecular weight excluding hydrogens is 160 g/mol. The Kier molecular flexibility index (Phi) is 10.0. The van der Waals surface area contributed by atoms with Crippen LogP contribution in [0, 0.1) is 5.92 Å². The van der Waals surface area contributed by atoms with Gasteiger partial charge in [0, 0.05) is 13.7 Å². The predicted molar refractivity (Wildman–Crippen MR) is 59.0 cm³/mol. The summed E-state index contributed by atoms with van der Waals surface area (Å²) < 4.78 is 5.12. The van der Waals surface area contributed by atoms with E-state index in [1.165, 1.54) is 44.9 Å². The second-order valence-corrected chi connectivity index (χ2v) is 3.93. The van der Waals surface area contributed by atoms with E-state index in [-0.39, 0.29) is 0 Å². The highest BCUT2D eigenvalue weighted by Gasteiger charge is 2.06. The van der Waals surface area contributed by atoms with E-state index in [0.29, 0.717) is 0 Å². The van der Waals surface area contributed by atoms with Gasteiger partial charge in [0.2, 0.25) is 0 Å². The molecule has 0 aromatic carbocycles. The average molecular weight is 186 g/mol. The molecule has 0 aromatic heterocycles. The number of hydrogen-bond acceptors (Lipinski definition) is 1. The third-order valence-corrected chi connectivity index (χ3v) is 2.64. The fraction of sp³-hybridized carbons (Fsp3) is 1.00. The van der Waals surface area contributed by atoms with Crippen molar-refractivity contribution in [1.29, 1.82) is 0 Å². The normalized spacial score (nSPS) is 13.2. The maximum Gasteiger partial charge on any atom is 0.0464 e. The molecule has 0 aliphatic heterocycles. The van der Waals surface area contributed by atoms with Crippen molar-refractivity contribution in [2.75, 3.05) is 13.7 Å². The summed E-state index contributed by atoms with van der Waals surface area (Å²) in [5.41, 5.74) is 0. The SMILES string of the molecule is CCCCCC(CCC)CCOC. The van der Waals surface area contributed by atoms with Gasteiger partial charge in [0.1, 0.15) is 0 Å². The standard InChI is InChI=1S/C12H26O/c1-4-6-7-9-12(8-5-2)10-11-13-3/h12H,4-11H2,1-3H3. The zero-order chi connectivity index (χ0) is 9.94. The quantitative estimate of drug-likeness (QED) is 0.494. The average Bonchev–Trinajstić information content (AvgIpc) is 2.14. The lowest BCUT2D eigenvalue weighted by Crippen LogP contribution is -2.04. The van der Waals surface area contributed by atoms with E-state index < -0.39 is 0 Å². The van der Waals surface area contributed by atoms with E-state index in [0.717, 1.165) is 12.5 Å². The van der Waals surface area contributed by atoms with Gasteiger partial charge in [0.15, 0.2) is 0 Å². The summed E-state index contributed by atoms with van der Waals surface area (Å²) in [6.45, 7) is 5.49. The van der Waals surface area contributed by atoms with Gasteiger partial charge in [-0.1, -0.05) is 52.4 Å². The summed E-state index contributed by atoms with van der Waals surface area (Å²) in [7, 11) is 1.80. The summed E-state index contributed by atoms with van der Waals surface area (Å²) in [5.74, 6) is 0.913. The van der Waals surface area contributed by atoms with Crippen LogP contribution in [0.3, 0.4) is 0 Å². The monoisotopic (exact) mass is 186 g/mol. The van der Waals surface area contributed by atoms with Gasteiger partial charge in [-0.25, -0.2) is 0 Å². The smallest absolute Gasteiger partial charge is 0.0464 e. The van der Waals surface area contributed by atoms with Crippen molar-refractivity contribution < 1.29 is 4.74 Å². The van der Waals surface area contributed by atoms with Crippen LogP contribution in [-0.4, -0.2) is 13.7 Å². The van der Waals surface area contributed by atoms with Crippen LogP contribution in [0.25, 0.3) is 0 Å². The maximum atomic E-state index is 5.12. The third kappa shape index (κ3) is 8.29. The van der Waals surface area contributed by atoms with Gasteiger partial charge in [0.25, 0.3) is 0 Å². The molecule has 80 valence electrons. The summed E-state index contributed by atoms with van der Waals surface area (Å²) in [6, 6.07) is 0. The first-order chi connectivity index (χ1) is 6.35. The van der Waals surface area contributed by atoms with E-state index in [9.17, 15) is 0 Å². The van der Waals surface area contributed by atoms with Gasteiger partial charge in [-0.2, -0.15) is 0 Å². The van der Waals surface area contributed by atoms with E-state index in [1.54, 1.807) is 7.11 Å². The summed E-state index contributed by atoms with van der Waals surface area (Å²) in [4.78, 5) is 0. The second-order valence-electron chi connectivity index (χ2n) is 3.93. The van der Waals surface area contributed by atoms with Gasteiger partial charge >= 0.3 is 0 Å². The molecule has 0 saturated carbocycles. The molecule has 0 N–H and O–H groups in total. The van der Waals surface area contributed by atoms with Crippen LogP contribution in [0.4, 0.5) is 0 Å². The molecule has 0 rings (SSSR count). The van der Waals surface area contributed by atoms with Gasteiger partial charge in [-0.05, 0) is 12.3 Å². The van der Waals surface area contributed by atoms with E-state index in [2.05, 4.69) is 13.8 Å². The van der Waals surface area contributed by atoms with Gasteiger partial charge < -0.3 is 4.74 Å². The van der Waals surface area contributed by atoms with Crippen LogP contribution in [0.5, 0.6) is 0 Å². The molecular formula is C12H26O. The van der Waals surface area contributed by atoms with Crippen molar-refractivity contribution in [2.45, 2.75) is 58.8 Å². The molecule has 0 bridgehead atoms. The molecule has 1 atom stereocenters. The van der Waals surface area contributed by atoms with Crippen molar-refractivity contribution in [1.82, 2.24) is 0 Å². The van der Waals surface area contributed by atoms with Crippen molar-refractivity contribution >= 4 is 0 Å². The van der Waals surface area contributed by atoms with Gasteiger partial charge in [0.05, 0.1) is 0 Å². The first kappa shape index (κ1) is 13.0. The number of rotatable bonds is 9. The molecule has 0 aliphatic carbocycles. The van der Waals surface area contributed by atoms with E-state index >= 15 is 0 Å². The minimum atomic E-state index is 0.913. The molecule has 0 spiro atoms. The molecule has 0 aromatic rings. The van der Waals surface area contributed by atoms with Crippen molar-refractivity contribution in [2.24, 2.45) is 5.92 Å². The summed E-state index contributed by atoms with van der Waals surface area (Å²) in [6.07, 6.45) is 9.51. The lowest BCUT2D eigenvalue weighted by molar-refractivity contribution is 0.171. The van der Waals surface area contributed by atoms with Crippen LogP contribution >= 0.6 is 0 Å². The molecule has 0 fully saturated rings. The first-order valence-electron chi connectivity index (χ1n) is 5.84. The number of ether oxygens (including phenoxy) is 1. The van der Waals surface area contributed by atoms with Crippen LogP contribution in [0.2, 0.25) is 0 Å². The Labute approximate surface area is 83.9 Å². The van der Waals surface area contributed by atoms with Crippen LogP contribution in [-0.2, 0) is 4.74 Å². The highest BCUT2D eigenvalue weighted by atomic mass is 16.5. The Bertz CT molecular complexity index is 91.1. The zero-order valence-corrected chi connectivity index (χ0v) is 9.64. The molecule has 1 unspecified atom stereocenters. The van der Waals surface area contributed by atoms with Crippen LogP contribution in [0.1, 0.15) is 58.8 Å². The molecule has 0 saturated heterocycles. The number of unbranched alkanes of at least 4 members (excludes halogenated alkanes) is 2. The summed E-state index contributed by atoms with van der Waals surface area (Å²) >= 11 is 0. The highest BCUT2D eigenvalue weighted by Crippen LogP contribution is 2.19. The van der Waals surface area contributed by atoms with Gasteiger partial charge in [-0.15, -0.1) is 0 Å². The van der Waals surface area contributed by atoms with Crippen molar-refractivity contribution in [3.05, 3.63) is 0 Å². The highest BCUT2D eigenvalue weighted by molar-refractivity contribution is 4.58. The molecule has 1 nitrogen and oxygen atoms in total. The van der Waals surface area contributed by atoms with Gasteiger partial charge in [-0.3, -0.25) is 0 Å². The largest absolute Gasteiger partial charge is 0.385 e. The topological polar surface area (TPSA) is 9.23 Å². The Morgan fingerprint density at radius 3 is 2.23 bits per heavy atom. The van der Waals surface area contributed by atoms with Crippen molar-refractivity contribution in [3.63, 3.8) is 0 Å². The predicted octanol–water partition coefficient (Wildman–Crippen LogP) is 4.02. The third-order valence-electron chi connectivity index (χ3n) is 2.64. The minimum absolute atomic E-state index is 0.913. The zero-order valence-electron chi connectivity index (χ0n) is 9.64. The number of hydrogen-bond donors (Lipinski definition) is 0. The molecule has 0 aliphatic rings. The van der Waals surface area contributed by atoms with E-state index in [1.807, 2.05) is 0 Å². The Morgan fingerprint density at radius 2 is 1.69 bits per heavy atom. The second kappa shape index (κ2) is 10.0. The lowest BCUT2D eigenvalue weighted by Gasteiger charge is -2.14. The van der Waals surface area contributed by atoms with Crippen LogP contribution in [0.15, 0.2) is 0 Å². The molecule has 13 heavy (non-hydrogen) atoms. The molecule has 1 heteroatoms. The minimum Gasteiger partial charge on any atom is -0.385 e. The Balaban J connectivity index is 3.41. The molecule has 0 radical (unpaired) electrons. The fourth-order valence-electron chi connectivity index (χ4n) is 1.81. The Morgan fingerprint density at radius 1 is 0.923 bits per heavy atom.